The van der Waals surface area contributed by atoms with Crippen molar-refractivity contribution >= 4 is 27.0 Å². The number of fused-ring (bicyclic) bond motifs is 1. The van der Waals surface area contributed by atoms with Crippen LogP contribution < -0.4 is 0 Å². The fourth-order valence-electron chi connectivity index (χ4n) is 1.16. The van der Waals surface area contributed by atoms with Gasteiger partial charge in [-0.2, -0.15) is 0 Å². The molecule has 1 aromatic heterocycles. The Morgan fingerprint density at radius 1 is 1.50 bits per heavy atom. The molecule has 0 unspecified atom stereocenters. The van der Waals surface area contributed by atoms with Gasteiger partial charge in [0.1, 0.15) is 11.3 Å². The summed E-state index contributed by atoms with van der Waals surface area (Å²) in [5, 5.41) is 0. The molecule has 12 heavy (non-hydrogen) atoms. The van der Waals surface area contributed by atoms with Crippen LogP contribution in [0.4, 0.5) is 4.39 Å². The molecule has 2 rings (SSSR count). The molecule has 0 aliphatic rings. The smallest absolute Gasteiger partial charge is 0.175 e. The van der Waals surface area contributed by atoms with E-state index in [1.807, 2.05) is 6.92 Å². The molecule has 0 saturated heterocycles. The zero-order valence-electron chi connectivity index (χ0n) is 6.36. The van der Waals surface area contributed by atoms with E-state index in [9.17, 15) is 4.39 Å². The van der Waals surface area contributed by atoms with Crippen LogP contribution in [0, 0.1) is 12.7 Å². The third-order valence-electron chi connectivity index (χ3n) is 1.77. The lowest BCUT2D eigenvalue weighted by atomic mass is 10.2. The number of hydrogen-bond donors (Lipinski definition) is 1. The SMILES string of the molecule is Cc1ccc(F)c2[nH]c(Br)nc12. The molecule has 62 valence electrons. The number of nitrogens with zero attached hydrogens (tertiary/aromatic N) is 1. The minimum absolute atomic E-state index is 0.270. The minimum Gasteiger partial charge on any atom is -0.330 e. The van der Waals surface area contributed by atoms with Crippen molar-refractivity contribution < 1.29 is 4.39 Å². The van der Waals surface area contributed by atoms with Crippen molar-refractivity contribution in [2.45, 2.75) is 6.92 Å². The van der Waals surface area contributed by atoms with E-state index in [2.05, 4.69) is 25.9 Å². The van der Waals surface area contributed by atoms with Crippen LogP contribution in [0.2, 0.25) is 0 Å². The summed E-state index contributed by atoms with van der Waals surface area (Å²) in [5.74, 6) is -0.270. The second-order valence-corrected chi connectivity index (χ2v) is 3.37. The van der Waals surface area contributed by atoms with Crippen molar-refractivity contribution in [3.63, 3.8) is 0 Å². The molecular weight excluding hydrogens is 223 g/mol. The first kappa shape index (κ1) is 7.73. The number of nitrogens with one attached hydrogen (secondary N) is 1. The van der Waals surface area contributed by atoms with Crippen molar-refractivity contribution in [1.82, 2.24) is 9.97 Å². The summed E-state index contributed by atoms with van der Waals surface area (Å²) in [5.41, 5.74) is 2.11. The molecule has 2 aromatic rings. The zero-order chi connectivity index (χ0) is 8.72. The Balaban J connectivity index is 2.93. The molecule has 1 heterocycles. The fraction of sp³-hybridized carbons (Fsp3) is 0.125. The third kappa shape index (κ3) is 1.03. The molecule has 0 atom stereocenters. The van der Waals surface area contributed by atoms with E-state index in [4.69, 9.17) is 0 Å². The van der Waals surface area contributed by atoms with Crippen molar-refractivity contribution in [1.29, 1.82) is 0 Å². The van der Waals surface area contributed by atoms with Crippen molar-refractivity contribution in [3.05, 3.63) is 28.2 Å². The summed E-state index contributed by atoms with van der Waals surface area (Å²) in [6.07, 6.45) is 0. The second kappa shape index (κ2) is 2.55. The average molecular weight is 229 g/mol. The first-order valence-corrected chi connectivity index (χ1v) is 4.28. The van der Waals surface area contributed by atoms with Crippen LogP contribution in [0.25, 0.3) is 11.0 Å². The van der Waals surface area contributed by atoms with Crippen LogP contribution in [0.15, 0.2) is 16.9 Å². The number of halogens is 2. The Labute approximate surface area is 76.9 Å². The molecular formula is C8H6BrFN2. The van der Waals surface area contributed by atoms with Gasteiger partial charge >= 0.3 is 0 Å². The highest BCUT2D eigenvalue weighted by molar-refractivity contribution is 9.10. The standard InChI is InChI=1S/C8H6BrFN2/c1-4-2-3-5(10)7-6(4)11-8(9)12-7/h2-3H,1H3,(H,11,12). The molecule has 0 bridgehead atoms. The molecule has 1 aromatic carbocycles. The van der Waals surface area contributed by atoms with Crippen LogP contribution in [0.3, 0.4) is 0 Å². The quantitative estimate of drug-likeness (QED) is 0.739. The van der Waals surface area contributed by atoms with E-state index >= 15 is 0 Å². The van der Waals surface area contributed by atoms with Gasteiger partial charge in [0.05, 0.1) is 5.52 Å². The second-order valence-electron chi connectivity index (χ2n) is 2.62. The Morgan fingerprint density at radius 2 is 2.25 bits per heavy atom. The Hall–Kier alpha value is -0.900. The summed E-state index contributed by atoms with van der Waals surface area (Å²) < 4.78 is 13.6. The lowest BCUT2D eigenvalue weighted by molar-refractivity contribution is 0.637. The van der Waals surface area contributed by atoms with Gasteiger partial charge in [0, 0.05) is 0 Å². The maximum atomic E-state index is 13.1. The summed E-state index contributed by atoms with van der Waals surface area (Å²) in [7, 11) is 0. The highest BCUT2D eigenvalue weighted by Crippen LogP contribution is 2.20. The van der Waals surface area contributed by atoms with Crippen LogP contribution in [0.5, 0.6) is 0 Å². The summed E-state index contributed by atoms with van der Waals surface area (Å²) >= 11 is 3.16. The fourth-order valence-corrected chi connectivity index (χ4v) is 1.54. The molecule has 0 aliphatic carbocycles. The molecule has 4 heteroatoms. The van der Waals surface area contributed by atoms with Gasteiger partial charge in [0.2, 0.25) is 0 Å². The van der Waals surface area contributed by atoms with Gasteiger partial charge in [-0.15, -0.1) is 0 Å². The number of H-pyrrole nitrogens is 1. The molecule has 1 N–H and O–H groups in total. The van der Waals surface area contributed by atoms with Crippen LogP contribution in [0.1, 0.15) is 5.56 Å². The van der Waals surface area contributed by atoms with Gasteiger partial charge in [-0.05, 0) is 34.5 Å². The van der Waals surface area contributed by atoms with Crippen molar-refractivity contribution in [2.24, 2.45) is 0 Å². The van der Waals surface area contributed by atoms with E-state index in [1.165, 1.54) is 6.07 Å². The topological polar surface area (TPSA) is 28.7 Å². The lowest BCUT2D eigenvalue weighted by Gasteiger charge is -1.93. The Bertz CT molecular complexity index is 397. The normalized spacial score (nSPS) is 10.9. The van der Waals surface area contributed by atoms with E-state index in [-0.39, 0.29) is 5.82 Å². The number of aromatic amines is 1. The van der Waals surface area contributed by atoms with Crippen molar-refractivity contribution in [3.8, 4) is 0 Å². The average Bonchev–Trinajstić information content (AvgIpc) is 2.41. The minimum atomic E-state index is -0.270. The molecule has 0 fully saturated rings. The predicted molar refractivity (Wildman–Crippen MR) is 48.5 cm³/mol. The Morgan fingerprint density at radius 3 is 2.92 bits per heavy atom. The number of benzene rings is 1. The highest BCUT2D eigenvalue weighted by Gasteiger charge is 2.07. The number of aryl methyl sites for hydroxylation is 1. The highest BCUT2D eigenvalue weighted by atomic mass is 79.9. The van der Waals surface area contributed by atoms with Gasteiger partial charge in [-0.25, -0.2) is 9.37 Å². The molecule has 0 radical (unpaired) electrons. The van der Waals surface area contributed by atoms with Crippen LogP contribution >= 0.6 is 15.9 Å². The van der Waals surface area contributed by atoms with Gasteiger partial charge in [0.15, 0.2) is 4.73 Å². The lowest BCUT2D eigenvalue weighted by Crippen LogP contribution is -1.80. The summed E-state index contributed by atoms with van der Waals surface area (Å²) in [4.78, 5) is 6.89. The summed E-state index contributed by atoms with van der Waals surface area (Å²) in [6, 6.07) is 3.15. The van der Waals surface area contributed by atoms with Crippen molar-refractivity contribution in [2.75, 3.05) is 0 Å². The maximum Gasteiger partial charge on any atom is 0.175 e. The van der Waals surface area contributed by atoms with E-state index in [1.54, 1.807) is 6.07 Å². The number of rotatable bonds is 0. The first-order chi connectivity index (χ1) is 5.68. The summed E-state index contributed by atoms with van der Waals surface area (Å²) in [6.45, 7) is 1.90. The molecule has 0 amide bonds. The predicted octanol–water partition coefficient (Wildman–Crippen LogP) is 2.77. The van der Waals surface area contributed by atoms with Gasteiger partial charge in [-0.3, -0.25) is 0 Å². The van der Waals surface area contributed by atoms with E-state index in [0.29, 0.717) is 15.8 Å². The molecule has 0 spiro atoms. The largest absolute Gasteiger partial charge is 0.330 e. The van der Waals surface area contributed by atoms with E-state index < -0.39 is 0 Å². The monoisotopic (exact) mass is 228 g/mol. The van der Waals surface area contributed by atoms with Crippen LogP contribution in [-0.4, -0.2) is 9.97 Å². The molecule has 0 aliphatic heterocycles. The first-order valence-electron chi connectivity index (χ1n) is 3.49. The number of hydrogen-bond acceptors (Lipinski definition) is 1. The third-order valence-corrected chi connectivity index (χ3v) is 2.14. The van der Waals surface area contributed by atoms with Gasteiger partial charge < -0.3 is 4.98 Å². The number of aromatic nitrogens is 2. The van der Waals surface area contributed by atoms with Gasteiger partial charge in [0.25, 0.3) is 0 Å². The van der Waals surface area contributed by atoms with Gasteiger partial charge in [-0.1, -0.05) is 6.07 Å². The number of imidazole rings is 1. The maximum absolute atomic E-state index is 13.1. The van der Waals surface area contributed by atoms with Crippen LogP contribution in [-0.2, 0) is 0 Å². The van der Waals surface area contributed by atoms with E-state index in [0.717, 1.165) is 5.56 Å². The molecule has 2 nitrogen and oxygen atoms in total. The Kier molecular flexibility index (Phi) is 1.65. The zero-order valence-corrected chi connectivity index (χ0v) is 7.94. The molecule has 0 saturated carbocycles.